The number of hydrogen-bond donors (Lipinski definition) is 1. The van der Waals surface area contributed by atoms with E-state index in [1.54, 1.807) is 6.33 Å². The van der Waals surface area contributed by atoms with Gasteiger partial charge in [0.25, 0.3) is 0 Å². The van der Waals surface area contributed by atoms with Crippen LogP contribution in [-0.4, -0.2) is 35.9 Å². The quantitative estimate of drug-likeness (QED) is 0.587. The molecule has 4 aromatic rings. The molecule has 0 spiro atoms. The van der Waals surface area contributed by atoms with Gasteiger partial charge in [0.05, 0.1) is 35.4 Å². The second-order valence-corrected chi connectivity index (χ2v) is 6.77. The summed E-state index contributed by atoms with van der Waals surface area (Å²) in [5.74, 6) is 0.935. The van der Waals surface area contributed by atoms with Crippen molar-refractivity contribution in [3.8, 4) is 28.4 Å². The molecule has 0 amide bonds. The predicted molar refractivity (Wildman–Crippen MR) is 109 cm³/mol. The lowest BCUT2D eigenvalue weighted by Gasteiger charge is -2.12. The first kappa shape index (κ1) is 18.0. The maximum Gasteiger partial charge on any atom is 0.223 e. The summed E-state index contributed by atoms with van der Waals surface area (Å²) in [6.07, 6.45) is 1.75. The fraction of sp³-hybridized carbons (Fsp3) is 0.300. The van der Waals surface area contributed by atoms with Gasteiger partial charge in [-0.1, -0.05) is 0 Å². The number of aryl methyl sites for hydroxylation is 3. The minimum atomic E-state index is 0.427. The number of fused-ring (bicyclic) bond motifs is 1. The Kier molecular flexibility index (Phi) is 4.26. The van der Waals surface area contributed by atoms with Crippen molar-refractivity contribution in [3.05, 3.63) is 35.9 Å². The Bertz CT molecular complexity index is 1190. The predicted octanol–water partition coefficient (Wildman–Crippen LogP) is 3.03. The molecule has 8 nitrogen and oxygen atoms in total. The zero-order valence-corrected chi connectivity index (χ0v) is 16.7. The monoisotopic (exact) mass is 377 g/mol. The Morgan fingerprint density at radius 1 is 1.14 bits per heavy atom. The molecule has 0 radical (unpaired) electrons. The number of nitrogen functional groups attached to an aromatic ring is 1. The van der Waals surface area contributed by atoms with Crippen molar-refractivity contribution >= 4 is 16.9 Å². The van der Waals surface area contributed by atoms with Crippen molar-refractivity contribution < 1.29 is 4.74 Å². The summed E-state index contributed by atoms with van der Waals surface area (Å²) in [6, 6.07) is 5.75. The van der Waals surface area contributed by atoms with Crippen LogP contribution in [0.5, 0.6) is 5.88 Å². The van der Waals surface area contributed by atoms with E-state index in [0.29, 0.717) is 24.0 Å². The molecule has 4 aromatic heterocycles. The Hall–Kier alpha value is -3.42. The molecule has 0 bridgehead atoms. The van der Waals surface area contributed by atoms with Crippen LogP contribution in [0.4, 0.5) is 5.82 Å². The van der Waals surface area contributed by atoms with Crippen molar-refractivity contribution in [2.45, 2.75) is 20.8 Å². The van der Waals surface area contributed by atoms with Gasteiger partial charge in [-0.25, -0.2) is 15.0 Å². The number of hydrogen-bond acceptors (Lipinski definition) is 6. The Labute approximate surface area is 163 Å². The summed E-state index contributed by atoms with van der Waals surface area (Å²) in [6.45, 7) is 6.43. The first-order chi connectivity index (χ1) is 13.4. The van der Waals surface area contributed by atoms with Gasteiger partial charge in [-0.2, -0.15) is 5.10 Å². The third kappa shape index (κ3) is 2.77. The van der Waals surface area contributed by atoms with Crippen LogP contribution < -0.4 is 10.5 Å². The summed E-state index contributed by atoms with van der Waals surface area (Å²) < 4.78 is 9.66. The third-order valence-electron chi connectivity index (χ3n) is 4.89. The highest BCUT2D eigenvalue weighted by molar-refractivity contribution is 5.93. The highest BCUT2D eigenvalue weighted by Crippen LogP contribution is 2.35. The molecule has 0 aliphatic heterocycles. The van der Waals surface area contributed by atoms with Crippen LogP contribution in [0.15, 0.2) is 24.5 Å². The average molecular weight is 377 g/mol. The normalized spacial score (nSPS) is 11.3. The average Bonchev–Trinajstić information content (AvgIpc) is 3.14. The number of anilines is 1. The van der Waals surface area contributed by atoms with Gasteiger partial charge in [0.2, 0.25) is 5.88 Å². The molecule has 8 heteroatoms. The van der Waals surface area contributed by atoms with Crippen LogP contribution in [0, 0.1) is 13.8 Å². The van der Waals surface area contributed by atoms with Gasteiger partial charge in [-0.05, 0) is 32.9 Å². The number of pyridine rings is 2. The zero-order chi connectivity index (χ0) is 20.0. The Balaban J connectivity index is 1.94. The first-order valence-electron chi connectivity index (χ1n) is 9.13. The summed E-state index contributed by atoms with van der Waals surface area (Å²) in [4.78, 5) is 13.8. The molecular weight excluding hydrogens is 354 g/mol. The van der Waals surface area contributed by atoms with Crippen LogP contribution in [0.2, 0.25) is 0 Å². The van der Waals surface area contributed by atoms with E-state index in [9.17, 15) is 0 Å². The highest BCUT2D eigenvalue weighted by atomic mass is 16.5. The fourth-order valence-corrected chi connectivity index (χ4v) is 3.49. The van der Waals surface area contributed by atoms with Crippen molar-refractivity contribution in [2.75, 3.05) is 12.3 Å². The topological polar surface area (TPSA) is 96.7 Å². The number of aromatic nitrogens is 6. The van der Waals surface area contributed by atoms with E-state index in [1.165, 1.54) is 0 Å². The molecular formula is C20H23N7O. The molecule has 0 unspecified atom stereocenters. The Morgan fingerprint density at radius 3 is 2.61 bits per heavy atom. The molecule has 0 saturated heterocycles. The van der Waals surface area contributed by atoms with Crippen molar-refractivity contribution in [3.63, 3.8) is 0 Å². The lowest BCUT2D eigenvalue weighted by molar-refractivity contribution is 0.328. The second-order valence-electron chi connectivity index (χ2n) is 6.77. The summed E-state index contributed by atoms with van der Waals surface area (Å²) in [5.41, 5.74) is 13.0. The van der Waals surface area contributed by atoms with E-state index in [-0.39, 0.29) is 0 Å². The molecule has 0 aliphatic carbocycles. The van der Waals surface area contributed by atoms with Crippen molar-refractivity contribution in [2.24, 2.45) is 14.1 Å². The number of nitrogens with zero attached hydrogens (tertiary/aromatic N) is 6. The molecule has 0 atom stereocenters. The molecule has 0 aliphatic rings. The summed E-state index contributed by atoms with van der Waals surface area (Å²) in [5, 5.41) is 4.49. The standard InChI is InChI=1S/C20H23N7O/c1-6-28-20-13(18-19-15(9-16(21)24-18)26(4)10-22-19)7-8-14(23-20)17-11(2)25-27(5)12(17)3/h7-10H,6H2,1-5H3,(H2,21,24). The molecule has 4 heterocycles. The highest BCUT2D eigenvalue weighted by Gasteiger charge is 2.20. The number of rotatable bonds is 4. The van der Waals surface area contributed by atoms with Gasteiger partial charge >= 0.3 is 0 Å². The van der Waals surface area contributed by atoms with E-state index in [1.807, 2.05) is 62.3 Å². The fourth-order valence-electron chi connectivity index (χ4n) is 3.49. The molecule has 28 heavy (non-hydrogen) atoms. The minimum absolute atomic E-state index is 0.427. The zero-order valence-electron chi connectivity index (χ0n) is 16.7. The molecule has 2 N–H and O–H groups in total. The van der Waals surface area contributed by atoms with Crippen LogP contribution >= 0.6 is 0 Å². The van der Waals surface area contributed by atoms with Gasteiger partial charge in [0, 0.05) is 31.4 Å². The van der Waals surface area contributed by atoms with Crippen LogP contribution in [0.3, 0.4) is 0 Å². The van der Waals surface area contributed by atoms with E-state index in [0.717, 1.165) is 39.2 Å². The third-order valence-corrected chi connectivity index (χ3v) is 4.89. The van der Waals surface area contributed by atoms with Gasteiger partial charge in [-0.3, -0.25) is 4.68 Å². The van der Waals surface area contributed by atoms with E-state index < -0.39 is 0 Å². The van der Waals surface area contributed by atoms with E-state index >= 15 is 0 Å². The number of nitrogens with two attached hydrogens (primary N) is 1. The number of imidazole rings is 1. The molecule has 0 aromatic carbocycles. The summed E-state index contributed by atoms with van der Waals surface area (Å²) >= 11 is 0. The van der Waals surface area contributed by atoms with Crippen LogP contribution in [0.1, 0.15) is 18.3 Å². The lowest BCUT2D eigenvalue weighted by Crippen LogP contribution is -2.02. The van der Waals surface area contributed by atoms with E-state index in [2.05, 4.69) is 15.1 Å². The molecule has 144 valence electrons. The molecule has 0 fully saturated rings. The minimum Gasteiger partial charge on any atom is -0.477 e. The second kappa shape index (κ2) is 6.63. The van der Waals surface area contributed by atoms with Crippen molar-refractivity contribution in [1.82, 2.24) is 29.3 Å². The van der Waals surface area contributed by atoms with Gasteiger partial charge in [0.1, 0.15) is 17.0 Å². The van der Waals surface area contributed by atoms with Gasteiger partial charge in [0.15, 0.2) is 0 Å². The van der Waals surface area contributed by atoms with Gasteiger partial charge < -0.3 is 15.0 Å². The van der Waals surface area contributed by atoms with Crippen LogP contribution in [-0.2, 0) is 14.1 Å². The molecule has 4 rings (SSSR count). The van der Waals surface area contributed by atoms with E-state index in [4.69, 9.17) is 15.5 Å². The SMILES string of the molecule is CCOc1nc(-c2c(C)nn(C)c2C)ccc1-c1nc(N)cc2c1ncn2C. The van der Waals surface area contributed by atoms with Gasteiger partial charge in [-0.15, -0.1) is 0 Å². The lowest BCUT2D eigenvalue weighted by atomic mass is 10.1. The maximum atomic E-state index is 6.05. The largest absolute Gasteiger partial charge is 0.477 e. The summed E-state index contributed by atoms with van der Waals surface area (Å²) in [7, 11) is 3.86. The Morgan fingerprint density at radius 2 is 1.93 bits per heavy atom. The van der Waals surface area contributed by atoms with Crippen LogP contribution in [0.25, 0.3) is 33.5 Å². The smallest absolute Gasteiger partial charge is 0.223 e. The maximum absolute atomic E-state index is 6.05. The number of ether oxygens (including phenoxy) is 1. The van der Waals surface area contributed by atoms with Crippen molar-refractivity contribution in [1.29, 1.82) is 0 Å². The molecule has 0 saturated carbocycles. The first-order valence-corrected chi connectivity index (χ1v) is 9.13.